The van der Waals surface area contributed by atoms with Crippen molar-refractivity contribution in [3.63, 3.8) is 0 Å². The molecule has 0 amide bonds. The van der Waals surface area contributed by atoms with Gasteiger partial charge in [0.1, 0.15) is 5.75 Å². The molecule has 0 saturated heterocycles. The van der Waals surface area contributed by atoms with E-state index in [0.717, 1.165) is 0 Å². The molecule has 0 heterocycles. The van der Waals surface area contributed by atoms with E-state index >= 15 is 0 Å². The van der Waals surface area contributed by atoms with Crippen molar-refractivity contribution in [2.24, 2.45) is 0 Å². The van der Waals surface area contributed by atoms with Crippen LogP contribution in [0.2, 0.25) is 5.02 Å². The maximum Gasteiger partial charge on any atom is 0.416 e. The molecule has 0 aliphatic heterocycles. The van der Waals surface area contributed by atoms with Crippen molar-refractivity contribution < 1.29 is 49.4 Å². The minimum absolute atomic E-state index is 0.119. The number of hydrogen-bond acceptors (Lipinski definition) is 4. The summed E-state index contributed by atoms with van der Waals surface area (Å²) in [6, 6.07) is 0.455. The van der Waals surface area contributed by atoms with Crippen LogP contribution in [0.1, 0.15) is 46.7 Å². The highest BCUT2D eigenvalue weighted by Gasteiger charge is 2.39. The summed E-state index contributed by atoms with van der Waals surface area (Å²) in [7, 11) is -4.86. The van der Waals surface area contributed by atoms with E-state index in [0.29, 0.717) is 29.5 Å². The van der Waals surface area contributed by atoms with Gasteiger partial charge < -0.3 is 9.84 Å². The number of fused-ring (bicyclic) bond motifs is 1. The van der Waals surface area contributed by atoms with E-state index in [1.54, 1.807) is 6.92 Å². The fourth-order valence-electron chi connectivity index (χ4n) is 3.79. The zero-order chi connectivity index (χ0) is 26.3. The largest absolute Gasteiger partial charge is 0.481 e. The second kappa shape index (κ2) is 9.51. The highest BCUT2D eigenvalue weighted by Crippen LogP contribution is 2.42. The van der Waals surface area contributed by atoms with Gasteiger partial charge in [-0.3, -0.25) is 0 Å². The molecule has 0 fully saturated rings. The Morgan fingerprint density at radius 2 is 1.69 bits per heavy atom. The van der Waals surface area contributed by atoms with Crippen LogP contribution >= 0.6 is 11.6 Å². The number of benzene rings is 2. The fourth-order valence-corrected chi connectivity index (χ4v) is 5.32. The lowest BCUT2D eigenvalue weighted by Gasteiger charge is -2.29. The molecule has 1 aliphatic rings. The van der Waals surface area contributed by atoms with Crippen molar-refractivity contribution in [3.8, 4) is 5.75 Å². The van der Waals surface area contributed by atoms with Gasteiger partial charge in [0, 0.05) is 16.6 Å². The number of carbonyl (C=O) groups is 1. The maximum absolute atomic E-state index is 13.2. The smallest absolute Gasteiger partial charge is 0.416 e. The van der Waals surface area contributed by atoms with Gasteiger partial charge in [-0.1, -0.05) is 11.6 Å². The van der Waals surface area contributed by atoms with Crippen LogP contribution in [-0.2, 0) is 33.6 Å². The molecule has 2 N–H and O–H groups in total. The van der Waals surface area contributed by atoms with E-state index in [2.05, 4.69) is 4.72 Å². The second-order valence-electron chi connectivity index (χ2n) is 7.87. The monoisotopic (exact) mass is 545 g/mol. The molecule has 3 rings (SSSR count). The molecule has 1 aliphatic carbocycles. The molecular formula is C21H18ClF6NO5S. The summed E-state index contributed by atoms with van der Waals surface area (Å²) < 4.78 is 112. The van der Waals surface area contributed by atoms with Crippen molar-refractivity contribution in [2.75, 3.05) is 6.61 Å². The first-order chi connectivity index (χ1) is 16.0. The summed E-state index contributed by atoms with van der Waals surface area (Å²) in [5.41, 5.74) is -2.38. The van der Waals surface area contributed by atoms with Gasteiger partial charge in [-0.05, 0) is 61.6 Å². The van der Waals surface area contributed by atoms with E-state index in [1.807, 2.05) is 0 Å². The Morgan fingerprint density at radius 1 is 1.11 bits per heavy atom. The number of aliphatic carboxylic acids is 1. The van der Waals surface area contributed by atoms with Crippen molar-refractivity contribution >= 4 is 27.6 Å². The van der Waals surface area contributed by atoms with Crippen LogP contribution < -0.4 is 9.46 Å². The van der Waals surface area contributed by atoms with Gasteiger partial charge in [-0.15, -0.1) is 0 Å². The lowest BCUT2D eigenvalue weighted by atomic mass is 9.86. The number of carboxylic acids is 1. The molecule has 192 valence electrons. The minimum atomic E-state index is -5.22. The Kier molecular flexibility index (Phi) is 7.36. The van der Waals surface area contributed by atoms with Gasteiger partial charge in [-0.2, -0.15) is 26.3 Å². The van der Waals surface area contributed by atoms with Crippen LogP contribution in [0.5, 0.6) is 5.75 Å². The predicted molar refractivity (Wildman–Crippen MR) is 112 cm³/mol. The molecule has 0 radical (unpaired) electrons. The number of rotatable bonds is 6. The van der Waals surface area contributed by atoms with Crippen LogP contribution in [0, 0.1) is 6.92 Å². The topological polar surface area (TPSA) is 92.7 Å². The van der Waals surface area contributed by atoms with E-state index in [-0.39, 0.29) is 35.4 Å². The third-order valence-corrected chi connectivity index (χ3v) is 7.25. The van der Waals surface area contributed by atoms with E-state index in [1.165, 1.54) is 6.07 Å². The molecule has 1 atom stereocenters. The molecular weight excluding hydrogens is 528 g/mol. The molecule has 1 unspecified atom stereocenters. The molecule has 0 spiro atoms. The average molecular weight is 546 g/mol. The van der Waals surface area contributed by atoms with Gasteiger partial charge >= 0.3 is 18.3 Å². The van der Waals surface area contributed by atoms with Gasteiger partial charge in [0.05, 0.1) is 16.0 Å². The fraction of sp³-hybridized carbons (Fsp3) is 0.381. The zero-order valence-electron chi connectivity index (χ0n) is 17.8. The molecule has 6 nitrogen and oxygen atoms in total. The standard InChI is InChI=1S/C21H18ClF6NO5S/c1-10-16(22)8-15-14(19(10)34-9-18(30)31)3-2-4-17(15)29-35(32,33)13-6-11(20(23,24)25)5-12(7-13)21(26,27)28/h5-8,17,29H,2-4,9H2,1H3,(H,30,31). The van der Waals surface area contributed by atoms with Crippen LogP contribution in [0.3, 0.4) is 0 Å². The van der Waals surface area contributed by atoms with Crippen LogP contribution in [-0.4, -0.2) is 26.1 Å². The first-order valence-corrected chi connectivity index (χ1v) is 11.8. The lowest BCUT2D eigenvalue weighted by Crippen LogP contribution is -2.32. The Labute approximate surface area is 200 Å². The summed E-state index contributed by atoms with van der Waals surface area (Å²) in [4.78, 5) is 9.73. The predicted octanol–water partition coefficient (Wildman–Crippen LogP) is 5.51. The van der Waals surface area contributed by atoms with E-state index < -0.39 is 57.0 Å². The number of halogens is 7. The zero-order valence-corrected chi connectivity index (χ0v) is 19.4. The Balaban J connectivity index is 2.06. The van der Waals surface area contributed by atoms with Crippen LogP contribution in [0.15, 0.2) is 29.2 Å². The quantitative estimate of drug-likeness (QED) is 0.467. The summed E-state index contributed by atoms with van der Waals surface area (Å²) >= 11 is 6.21. The first kappa shape index (κ1) is 27.1. The number of ether oxygens (including phenoxy) is 1. The Morgan fingerprint density at radius 3 is 2.20 bits per heavy atom. The molecule has 2 aromatic rings. The van der Waals surface area contributed by atoms with Gasteiger partial charge in [0.2, 0.25) is 10.0 Å². The number of sulfonamides is 1. The highest BCUT2D eigenvalue weighted by molar-refractivity contribution is 7.89. The normalized spacial score (nSPS) is 16.6. The molecule has 2 aromatic carbocycles. The summed E-state index contributed by atoms with van der Waals surface area (Å²) in [5.74, 6) is -1.13. The third kappa shape index (κ3) is 6.01. The van der Waals surface area contributed by atoms with Crippen LogP contribution in [0.25, 0.3) is 0 Å². The molecule has 0 saturated carbocycles. The number of carboxylic acid groups (broad SMARTS) is 1. The molecule has 0 bridgehead atoms. The molecule has 0 aromatic heterocycles. The highest BCUT2D eigenvalue weighted by atomic mass is 35.5. The average Bonchev–Trinajstić information content (AvgIpc) is 2.73. The summed E-state index contributed by atoms with van der Waals surface area (Å²) in [6.45, 7) is 0.864. The molecule has 35 heavy (non-hydrogen) atoms. The number of nitrogens with one attached hydrogen (secondary N) is 1. The third-order valence-electron chi connectivity index (χ3n) is 5.41. The lowest BCUT2D eigenvalue weighted by molar-refractivity contribution is -0.143. The van der Waals surface area contributed by atoms with Gasteiger partial charge in [-0.25, -0.2) is 17.9 Å². The maximum atomic E-state index is 13.2. The summed E-state index contributed by atoms with van der Waals surface area (Å²) in [5, 5.41) is 9.04. The van der Waals surface area contributed by atoms with Crippen molar-refractivity contribution in [2.45, 2.75) is 49.5 Å². The number of hydrogen-bond donors (Lipinski definition) is 2. The Hall–Kier alpha value is -2.51. The molecule has 14 heteroatoms. The van der Waals surface area contributed by atoms with Crippen molar-refractivity contribution in [1.29, 1.82) is 0 Å². The second-order valence-corrected chi connectivity index (χ2v) is 9.99. The first-order valence-electron chi connectivity index (χ1n) is 9.99. The van der Waals surface area contributed by atoms with Gasteiger partial charge in [0.25, 0.3) is 0 Å². The van der Waals surface area contributed by atoms with E-state index in [9.17, 15) is 39.6 Å². The summed E-state index contributed by atoms with van der Waals surface area (Å²) in [6.07, 6.45) is -9.53. The van der Waals surface area contributed by atoms with Crippen molar-refractivity contribution in [1.82, 2.24) is 4.72 Å². The Bertz CT molecular complexity index is 1230. The SMILES string of the molecule is Cc1c(Cl)cc2c(c1OCC(=O)O)CCCC2NS(=O)(=O)c1cc(C(F)(F)F)cc(C(F)(F)F)c1. The van der Waals surface area contributed by atoms with Crippen LogP contribution in [0.4, 0.5) is 26.3 Å². The minimum Gasteiger partial charge on any atom is -0.481 e. The van der Waals surface area contributed by atoms with Crippen molar-refractivity contribution in [3.05, 3.63) is 57.1 Å². The van der Waals surface area contributed by atoms with E-state index in [4.69, 9.17) is 21.4 Å². The van der Waals surface area contributed by atoms with Gasteiger partial charge in [0.15, 0.2) is 6.61 Å². The number of alkyl halides is 6.